The Morgan fingerprint density at radius 1 is 1.12 bits per heavy atom. The van der Waals surface area contributed by atoms with Crippen molar-refractivity contribution in [2.75, 3.05) is 0 Å². The first kappa shape index (κ1) is 19.8. The predicted octanol–water partition coefficient (Wildman–Crippen LogP) is 6.43. The molecule has 0 aliphatic carbocycles. The maximum atomic E-state index is 13.5. The Bertz CT molecular complexity index is 777. The summed E-state index contributed by atoms with van der Waals surface area (Å²) < 4.78 is 52.6. The lowest BCUT2D eigenvalue weighted by Gasteiger charge is -2.13. The van der Waals surface area contributed by atoms with E-state index in [-0.39, 0.29) is 28.1 Å². The summed E-state index contributed by atoms with van der Waals surface area (Å²) in [5, 5.41) is -0.205. The van der Waals surface area contributed by atoms with Gasteiger partial charge in [0.05, 0.1) is 15.6 Å². The second kappa shape index (κ2) is 7.77. The molecular formula is C18H15Cl2F4N. The molecule has 0 radical (unpaired) electrons. The normalized spacial score (nSPS) is 13.4. The quantitative estimate of drug-likeness (QED) is 0.471. The van der Waals surface area contributed by atoms with Gasteiger partial charge in [0.2, 0.25) is 0 Å². The summed E-state index contributed by atoms with van der Waals surface area (Å²) in [6.45, 7) is 1.61. The number of benzene rings is 2. The van der Waals surface area contributed by atoms with Crippen LogP contribution in [0.1, 0.15) is 35.1 Å². The Hall–Kier alpha value is -1.56. The van der Waals surface area contributed by atoms with Crippen LogP contribution in [0, 0.1) is 5.82 Å². The molecule has 0 saturated carbocycles. The van der Waals surface area contributed by atoms with Crippen molar-refractivity contribution in [1.29, 1.82) is 0 Å². The predicted molar refractivity (Wildman–Crippen MR) is 93.2 cm³/mol. The molecule has 1 unspecified atom stereocenters. The zero-order valence-electron chi connectivity index (χ0n) is 13.2. The van der Waals surface area contributed by atoms with Gasteiger partial charge in [-0.1, -0.05) is 54.4 Å². The van der Waals surface area contributed by atoms with Crippen molar-refractivity contribution in [3.8, 4) is 0 Å². The van der Waals surface area contributed by atoms with Gasteiger partial charge in [0.1, 0.15) is 0 Å². The fraction of sp³-hybridized carbons (Fsp3) is 0.222. The smallest absolute Gasteiger partial charge is 0.326 e. The summed E-state index contributed by atoms with van der Waals surface area (Å²) in [5.41, 5.74) is 5.69. The number of nitrogens with two attached hydrogens (primary N) is 1. The van der Waals surface area contributed by atoms with Gasteiger partial charge in [-0.2, -0.15) is 13.2 Å². The highest BCUT2D eigenvalue weighted by molar-refractivity contribution is 6.35. The maximum Gasteiger partial charge on any atom is 0.416 e. The van der Waals surface area contributed by atoms with E-state index in [0.29, 0.717) is 11.1 Å². The number of rotatable bonds is 4. The minimum absolute atomic E-state index is 0.0368. The number of alkyl halides is 3. The first-order valence-corrected chi connectivity index (χ1v) is 8.12. The van der Waals surface area contributed by atoms with E-state index >= 15 is 0 Å². The molecule has 7 heteroatoms. The first-order valence-electron chi connectivity index (χ1n) is 7.36. The van der Waals surface area contributed by atoms with Gasteiger partial charge in [0.25, 0.3) is 0 Å². The van der Waals surface area contributed by atoms with Crippen molar-refractivity contribution in [1.82, 2.24) is 0 Å². The highest BCUT2D eigenvalue weighted by atomic mass is 35.5. The second-order valence-electron chi connectivity index (χ2n) is 5.56. The van der Waals surface area contributed by atoms with Crippen molar-refractivity contribution in [3.05, 3.63) is 74.5 Å². The second-order valence-corrected chi connectivity index (χ2v) is 6.38. The lowest BCUT2D eigenvalue weighted by molar-refractivity contribution is -0.138. The number of allylic oxidation sites excluding steroid dienone is 1. The number of halogens is 6. The molecule has 0 aliphatic rings. The molecule has 2 aromatic carbocycles. The van der Waals surface area contributed by atoms with E-state index < -0.39 is 17.6 Å². The summed E-state index contributed by atoms with van der Waals surface area (Å²) in [4.78, 5) is 0. The maximum absolute atomic E-state index is 13.5. The van der Waals surface area contributed by atoms with Crippen LogP contribution in [0.15, 0.2) is 36.4 Å². The van der Waals surface area contributed by atoms with Crippen LogP contribution in [0.4, 0.5) is 17.6 Å². The van der Waals surface area contributed by atoms with E-state index in [1.807, 2.05) is 0 Å². The molecule has 2 aromatic rings. The standard InChI is InChI=1S/C18H15Cl2F4N/c1-10(13-7-15(19)17(21)16(20)8-13)2-3-11-4-5-12(9-25)14(6-11)18(22,23)24/h2-8,10H,9,25H2,1H3/b3-2+. The van der Waals surface area contributed by atoms with Gasteiger partial charge < -0.3 is 5.73 Å². The SMILES string of the molecule is CC(/C=C/c1ccc(CN)c(C(F)(F)F)c1)c1cc(Cl)c(F)c(Cl)c1. The third-order valence-electron chi connectivity index (χ3n) is 3.77. The van der Waals surface area contributed by atoms with Crippen LogP contribution in [0.3, 0.4) is 0 Å². The van der Waals surface area contributed by atoms with Gasteiger partial charge in [-0.15, -0.1) is 0 Å². The van der Waals surface area contributed by atoms with Gasteiger partial charge in [0.15, 0.2) is 5.82 Å². The average Bonchev–Trinajstić information content (AvgIpc) is 2.56. The van der Waals surface area contributed by atoms with E-state index in [4.69, 9.17) is 28.9 Å². The topological polar surface area (TPSA) is 26.0 Å². The van der Waals surface area contributed by atoms with Crippen LogP contribution >= 0.6 is 23.2 Å². The van der Waals surface area contributed by atoms with E-state index in [2.05, 4.69) is 0 Å². The summed E-state index contributed by atoms with van der Waals surface area (Å²) in [6.07, 6.45) is -1.22. The van der Waals surface area contributed by atoms with E-state index in [1.54, 1.807) is 25.1 Å². The molecule has 0 aromatic heterocycles. The van der Waals surface area contributed by atoms with Gasteiger partial charge >= 0.3 is 6.18 Å². The van der Waals surface area contributed by atoms with Crippen molar-refractivity contribution in [2.24, 2.45) is 5.73 Å². The highest BCUT2D eigenvalue weighted by Crippen LogP contribution is 2.33. The fourth-order valence-electron chi connectivity index (χ4n) is 2.34. The molecule has 134 valence electrons. The van der Waals surface area contributed by atoms with Crippen LogP contribution in [-0.2, 0) is 12.7 Å². The lowest BCUT2D eigenvalue weighted by atomic mass is 9.98. The number of hydrogen-bond donors (Lipinski definition) is 1. The highest BCUT2D eigenvalue weighted by Gasteiger charge is 2.32. The van der Waals surface area contributed by atoms with Crippen molar-refractivity contribution < 1.29 is 17.6 Å². The molecule has 0 saturated heterocycles. The molecule has 0 aliphatic heterocycles. The Kier molecular flexibility index (Phi) is 6.14. The van der Waals surface area contributed by atoms with Gasteiger partial charge in [-0.05, 0) is 40.8 Å². The summed E-state index contributed by atoms with van der Waals surface area (Å²) in [5.74, 6) is -0.922. The van der Waals surface area contributed by atoms with Crippen molar-refractivity contribution in [2.45, 2.75) is 25.6 Å². The van der Waals surface area contributed by atoms with Crippen molar-refractivity contribution >= 4 is 29.3 Å². The van der Waals surface area contributed by atoms with Crippen LogP contribution < -0.4 is 5.73 Å². The van der Waals surface area contributed by atoms with Crippen LogP contribution in [-0.4, -0.2) is 0 Å². The molecule has 0 fully saturated rings. The molecule has 25 heavy (non-hydrogen) atoms. The molecular weight excluding hydrogens is 377 g/mol. The number of hydrogen-bond acceptors (Lipinski definition) is 1. The Morgan fingerprint density at radius 3 is 2.24 bits per heavy atom. The summed E-state index contributed by atoms with van der Waals surface area (Å²) in [7, 11) is 0. The van der Waals surface area contributed by atoms with Crippen LogP contribution in [0.2, 0.25) is 10.0 Å². The lowest BCUT2D eigenvalue weighted by Crippen LogP contribution is -2.12. The molecule has 2 rings (SSSR count). The van der Waals surface area contributed by atoms with Gasteiger partial charge in [-0.3, -0.25) is 0 Å². The third-order valence-corrected chi connectivity index (χ3v) is 4.32. The van der Waals surface area contributed by atoms with Crippen LogP contribution in [0.5, 0.6) is 0 Å². The molecule has 1 atom stereocenters. The minimum atomic E-state index is -4.47. The van der Waals surface area contributed by atoms with Crippen LogP contribution in [0.25, 0.3) is 6.08 Å². The van der Waals surface area contributed by atoms with E-state index in [1.165, 1.54) is 18.2 Å². The fourth-order valence-corrected chi connectivity index (χ4v) is 2.85. The molecule has 0 heterocycles. The molecule has 2 N–H and O–H groups in total. The zero-order chi connectivity index (χ0) is 18.8. The largest absolute Gasteiger partial charge is 0.416 e. The summed E-state index contributed by atoms with van der Waals surface area (Å²) in [6, 6.07) is 6.85. The molecule has 0 bridgehead atoms. The molecule has 0 amide bonds. The zero-order valence-corrected chi connectivity index (χ0v) is 14.7. The van der Waals surface area contributed by atoms with Crippen molar-refractivity contribution in [3.63, 3.8) is 0 Å². The summed E-state index contributed by atoms with van der Waals surface area (Å²) >= 11 is 11.5. The van der Waals surface area contributed by atoms with Gasteiger partial charge in [0, 0.05) is 6.54 Å². The van der Waals surface area contributed by atoms with E-state index in [9.17, 15) is 17.6 Å². The molecule has 0 spiro atoms. The first-order chi connectivity index (χ1) is 11.6. The average molecular weight is 392 g/mol. The third kappa shape index (κ3) is 4.75. The Balaban J connectivity index is 2.30. The Labute approximate surface area is 153 Å². The Morgan fingerprint density at radius 2 is 1.72 bits per heavy atom. The van der Waals surface area contributed by atoms with Gasteiger partial charge in [-0.25, -0.2) is 4.39 Å². The minimum Gasteiger partial charge on any atom is -0.326 e. The molecule has 1 nitrogen and oxygen atoms in total. The van der Waals surface area contributed by atoms with E-state index in [0.717, 1.165) is 6.07 Å². The monoisotopic (exact) mass is 391 g/mol.